The van der Waals surface area contributed by atoms with Crippen LogP contribution in [0.3, 0.4) is 0 Å². The molecule has 1 N–H and O–H groups in total. The summed E-state index contributed by atoms with van der Waals surface area (Å²) in [7, 11) is 0. The molecule has 0 radical (unpaired) electrons. The second-order valence-electron chi connectivity index (χ2n) is 9.92. The molecule has 1 aliphatic heterocycles. The van der Waals surface area contributed by atoms with Crippen molar-refractivity contribution in [2.24, 2.45) is 0 Å². The van der Waals surface area contributed by atoms with Crippen LogP contribution in [0.5, 0.6) is 11.5 Å². The molecule has 1 aromatic carbocycles. The second kappa shape index (κ2) is 11.1. The maximum atomic E-state index is 12.4. The molecule has 0 spiro atoms. The average molecular weight is 602 g/mol. The number of likely N-dealkylation sites (tertiary alicyclic amines) is 1. The number of pyridine rings is 1. The Kier molecular flexibility index (Phi) is 7.21. The number of aromatic nitrogens is 6. The molecule has 0 bridgehead atoms. The minimum atomic E-state index is 0.0718. The number of anilines is 2. The Morgan fingerprint density at radius 1 is 1.05 bits per heavy atom. The van der Waals surface area contributed by atoms with E-state index in [0.717, 1.165) is 65.5 Å². The summed E-state index contributed by atoms with van der Waals surface area (Å²) in [6, 6.07) is 9.98. The fourth-order valence-corrected chi connectivity index (χ4v) is 5.55. The largest absolute Gasteiger partial charge is 0.457 e. The zero-order valence-corrected chi connectivity index (χ0v) is 23.9. The molecule has 1 fully saturated rings. The van der Waals surface area contributed by atoms with Gasteiger partial charge in [0.25, 0.3) is 0 Å². The van der Waals surface area contributed by atoms with E-state index in [1.807, 2.05) is 53.9 Å². The summed E-state index contributed by atoms with van der Waals surface area (Å²) < 4.78 is 9.83. The second-order valence-corrected chi connectivity index (χ2v) is 10.6. The van der Waals surface area contributed by atoms with Crippen LogP contribution in [0, 0.1) is 13.8 Å². The Bertz CT molecular complexity index is 1690. The molecule has 0 aliphatic carbocycles. The average Bonchev–Trinajstić information content (AvgIpc) is 3.61. The van der Waals surface area contributed by atoms with Crippen LogP contribution in [0.2, 0.25) is 0 Å². The van der Waals surface area contributed by atoms with E-state index < -0.39 is 0 Å². The number of halogens is 1. The number of carbonyl (C=O) groups is 1. The van der Waals surface area contributed by atoms with Crippen LogP contribution in [-0.4, -0.2) is 58.4 Å². The number of ether oxygens (including phenoxy) is 1. The zero-order valence-electron chi connectivity index (χ0n) is 22.3. The van der Waals surface area contributed by atoms with Gasteiger partial charge in [0.05, 0.1) is 0 Å². The van der Waals surface area contributed by atoms with E-state index >= 15 is 0 Å². The van der Waals surface area contributed by atoms with Crippen molar-refractivity contribution >= 4 is 44.5 Å². The molecule has 204 valence electrons. The fourth-order valence-electron chi connectivity index (χ4n) is 5.36. The summed E-state index contributed by atoms with van der Waals surface area (Å²) in [6.07, 6.45) is 12.2. The highest BCUT2D eigenvalue weighted by Crippen LogP contribution is 2.36. The Labute approximate surface area is 239 Å². The molecule has 5 aromatic rings. The van der Waals surface area contributed by atoms with Crippen molar-refractivity contribution in [1.82, 2.24) is 34.1 Å². The van der Waals surface area contributed by atoms with E-state index in [1.165, 1.54) is 11.9 Å². The van der Waals surface area contributed by atoms with Gasteiger partial charge in [0.2, 0.25) is 5.91 Å². The van der Waals surface area contributed by atoms with Crippen LogP contribution in [0.15, 0.2) is 67.5 Å². The quantitative estimate of drug-likeness (QED) is 0.192. The lowest BCUT2D eigenvalue weighted by Gasteiger charge is -2.31. The summed E-state index contributed by atoms with van der Waals surface area (Å²) >= 11 is 3.33. The highest BCUT2D eigenvalue weighted by molar-refractivity contribution is 9.09. The third-order valence-corrected chi connectivity index (χ3v) is 7.65. The van der Waals surface area contributed by atoms with Crippen molar-refractivity contribution in [3.63, 3.8) is 0 Å². The van der Waals surface area contributed by atoms with Crippen molar-refractivity contribution in [3.8, 4) is 11.5 Å². The van der Waals surface area contributed by atoms with Gasteiger partial charge in [-0.05, 0) is 79.6 Å². The SMILES string of the molecule is Cc1cc(Nc2ncnn3ccc(C4CCN(C(=O)/C=C/CBr)CC4)c23)cc(C)c1Oc1ccn2ncnc2c1. The number of nitrogens with zero attached hydrogens (tertiary/aromatic N) is 7. The number of fused-ring (bicyclic) bond motifs is 2. The third kappa shape index (κ3) is 5.16. The van der Waals surface area contributed by atoms with Crippen molar-refractivity contribution in [1.29, 1.82) is 0 Å². The molecule has 6 rings (SSSR count). The van der Waals surface area contributed by atoms with Gasteiger partial charge in [-0.3, -0.25) is 4.79 Å². The molecule has 0 atom stereocenters. The monoisotopic (exact) mass is 600 g/mol. The number of rotatable bonds is 7. The first kappa shape index (κ1) is 26.0. The number of allylic oxidation sites excluding steroid dienone is 1. The standard InChI is InChI=1S/C29H29BrN8O2/c1-19-14-22(15-20(2)28(19)40-23-7-12-37-25(16-23)31-17-33-37)35-29-27-24(8-13-38(27)34-18-32-29)21-5-10-36(11-6-21)26(39)4-3-9-30/h3-4,7-8,12-18,21H,5-6,9-11H2,1-2H3,(H,32,34,35)/b4-3+. The van der Waals surface area contributed by atoms with E-state index in [1.54, 1.807) is 16.9 Å². The predicted molar refractivity (Wildman–Crippen MR) is 157 cm³/mol. The van der Waals surface area contributed by atoms with Gasteiger partial charge in [-0.2, -0.15) is 10.2 Å². The van der Waals surface area contributed by atoms with Crippen LogP contribution in [0.25, 0.3) is 11.2 Å². The fraction of sp³-hybridized carbons (Fsp3) is 0.276. The Morgan fingerprint density at radius 3 is 2.55 bits per heavy atom. The van der Waals surface area contributed by atoms with E-state index in [2.05, 4.69) is 59.6 Å². The molecule has 40 heavy (non-hydrogen) atoms. The number of alkyl halides is 1. The summed E-state index contributed by atoms with van der Waals surface area (Å²) in [5.41, 5.74) is 5.80. The third-order valence-electron chi connectivity index (χ3n) is 7.28. The molecule has 0 saturated carbocycles. The minimum Gasteiger partial charge on any atom is -0.457 e. The number of hydrogen-bond donors (Lipinski definition) is 1. The first-order chi connectivity index (χ1) is 19.5. The first-order valence-electron chi connectivity index (χ1n) is 13.2. The molecule has 11 heteroatoms. The predicted octanol–water partition coefficient (Wildman–Crippen LogP) is 5.58. The smallest absolute Gasteiger partial charge is 0.246 e. The molecule has 1 amide bonds. The van der Waals surface area contributed by atoms with Crippen molar-refractivity contribution in [2.45, 2.75) is 32.6 Å². The highest BCUT2D eigenvalue weighted by Gasteiger charge is 2.26. The molecule has 4 aromatic heterocycles. The molecule has 10 nitrogen and oxygen atoms in total. The van der Waals surface area contributed by atoms with Gasteiger partial charge in [-0.15, -0.1) is 0 Å². The lowest BCUT2D eigenvalue weighted by molar-refractivity contribution is -0.127. The van der Waals surface area contributed by atoms with Crippen molar-refractivity contribution in [2.75, 3.05) is 23.7 Å². The Hall–Kier alpha value is -4.25. The van der Waals surface area contributed by atoms with Crippen LogP contribution in [0.1, 0.15) is 35.4 Å². The van der Waals surface area contributed by atoms with E-state index in [4.69, 9.17) is 4.74 Å². The van der Waals surface area contributed by atoms with Gasteiger partial charge in [-0.25, -0.2) is 19.0 Å². The maximum absolute atomic E-state index is 12.4. The number of piperidine rings is 1. The molecule has 1 aliphatic rings. The topological polar surface area (TPSA) is 102 Å². The van der Waals surface area contributed by atoms with Crippen LogP contribution in [-0.2, 0) is 4.79 Å². The number of benzene rings is 1. The van der Waals surface area contributed by atoms with Crippen LogP contribution < -0.4 is 10.1 Å². The number of nitrogens with one attached hydrogen (secondary N) is 1. The summed E-state index contributed by atoms with van der Waals surface area (Å²) in [4.78, 5) is 23.2. The lowest BCUT2D eigenvalue weighted by Crippen LogP contribution is -2.36. The number of amides is 1. The Morgan fingerprint density at radius 2 is 1.77 bits per heavy atom. The molecule has 1 saturated heterocycles. The Balaban J connectivity index is 1.22. The molecular formula is C29H29BrN8O2. The van der Waals surface area contributed by atoms with E-state index in [-0.39, 0.29) is 5.91 Å². The van der Waals surface area contributed by atoms with Gasteiger partial charge < -0.3 is 15.0 Å². The van der Waals surface area contributed by atoms with Gasteiger partial charge in [0.15, 0.2) is 11.5 Å². The number of hydrogen-bond acceptors (Lipinski definition) is 7. The minimum absolute atomic E-state index is 0.0718. The zero-order chi connectivity index (χ0) is 27.6. The number of carbonyl (C=O) groups excluding carboxylic acids is 1. The van der Waals surface area contributed by atoms with E-state index in [9.17, 15) is 4.79 Å². The molecule has 0 unspecified atom stereocenters. The molecular weight excluding hydrogens is 572 g/mol. The maximum Gasteiger partial charge on any atom is 0.246 e. The normalized spacial score (nSPS) is 14.4. The van der Waals surface area contributed by atoms with Crippen molar-refractivity contribution < 1.29 is 9.53 Å². The first-order valence-corrected chi connectivity index (χ1v) is 14.3. The van der Waals surface area contributed by atoms with Crippen molar-refractivity contribution in [3.05, 3.63) is 84.2 Å². The van der Waals surface area contributed by atoms with Crippen LogP contribution in [0.4, 0.5) is 11.5 Å². The van der Waals surface area contributed by atoms with Gasteiger partial charge >= 0.3 is 0 Å². The summed E-state index contributed by atoms with van der Waals surface area (Å²) in [5, 5.41) is 12.8. The van der Waals surface area contributed by atoms with E-state index in [0.29, 0.717) is 17.0 Å². The lowest BCUT2D eigenvalue weighted by atomic mass is 9.90. The van der Waals surface area contributed by atoms with Gasteiger partial charge in [0.1, 0.15) is 29.7 Å². The summed E-state index contributed by atoms with van der Waals surface area (Å²) in [6.45, 7) is 5.52. The highest BCUT2D eigenvalue weighted by atomic mass is 79.9. The van der Waals surface area contributed by atoms with Gasteiger partial charge in [-0.1, -0.05) is 22.0 Å². The van der Waals surface area contributed by atoms with Crippen LogP contribution >= 0.6 is 15.9 Å². The summed E-state index contributed by atoms with van der Waals surface area (Å²) in [5.74, 6) is 2.65. The number of aryl methyl sites for hydroxylation is 2. The molecule has 5 heterocycles. The van der Waals surface area contributed by atoms with Gasteiger partial charge in [0, 0.05) is 42.6 Å².